The van der Waals surface area contributed by atoms with Crippen LogP contribution in [-0.2, 0) is 4.79 Å². The van der Waals surface area contributed by atoms with Crippen molar-refractivity contribution in [3.8, 4) is 5.75 Å². The summed E-state index contributed by atoms with van der Waals surface area (Å²) in [7, 11) is 1.52. The highest BCUT2D eigenvalue weighted by Crippen LogP contribution is 2.34. The third kappa shape index (κ3) is 6.38. The van der Waals surface area contributed by atoms with Crippen LogP contribution in [0.1, 0.15) is 82.0 Å². The number of ether oxygens (including phenoxy) is 1. The van der Waals surface area contributed by atoms with Gasteiger partial charge in [-0.25, -0.2) is 0 Å². The van der Waals surface area contributed by atoms with E-state index in [0.29, 0.717) is 22.0 Å². The van der Waals surface area contributed by atoms with Crippen LogP contribution in [0.4, 0.5) is 5.69 Å². The van der Waals surface area contributed by atoms with Crippen LogP contribution in [0, 0.1) is 5.92 Å². The highest BCUT2D eigenvalue weighted by Gasteiger charge is 2.37. The van der Waals surface area contributed by atoms with E-state index in [9.17, 15) is 9.59 Å². The molecule has 0 spiro atoms. The first-order chi connectivity index (χ1) is 15.4. The number of benzene rings is 1. The molecule has 1 saturated carbocycles. The largest absolute Gasteiger partial charge is 0.496 e. The van der Waals surface area contributed by atoms with Gasteiger partial charge in [-0.15, -0.1) is 0 Å². The van der Waals surface area contributed by atoms with Gasteiger partial charge in [-0.3, -0.25) is 9.59 Å². The molecule has 0 bridgehead atoms. The van der Waals surface area contributed by atoms with Crippen LogP contribution >= 0.6 is 11.6 Å². The molecule has 1 aromatic carbocycles. The molecule has 1 aromatic rings. The number of carbonyl (C=O) groups excluding carboxylic acids is 2. The molecule has 1 saturated heterocycles. The highest BCUT2D eigenvalue weighted by molar-refractivity contribution is 6.34. The second kappa shape index (κ2) is 11.4. The van der Waals surface area contributed by atoms with E-state index in [1.807, 2.05) is 0 Å². The summed E-state index contributed by atoms with van der Waals surface area (Å²) in [6.45, 7) is 6.81. The number of nitrogens with one attached hydrogen (secondary N) is 2. The molecular formula is C25H38ClN3O3. The Labute approximate surface area is 197 Å². The van der Waals surface area contributed by atoms with Gasteiger partial charge >= 0.3 is 0 Å². The Balaban J connectivity index is 1.75. The van der Waals surface area contributed by atoms with Crippen LogP contribution in [0.5, 0.6) is 5.75 Å². The molecule has 6 nitrogen and oxygen atoms in total. The van der Waals surface area contributed by atoms with Crippen molar-refractivity contribution in [1.29, 1.82) is 0 Å². The Hall–Kier alpha value is -1.79. The summed E-state index contributed by atoms with van der Waals surface area (Å²) in [6.07, 6.45) is 10.6. The molecule has 3 rings (SSSR count). The molecule has 1 heterocycles. The maximum atomic E-state index is 13.4. The minimum atomic E-state index is -0.227. The number of halogens is 1. The number of nitrogens with zero attached hydrogens (tertiary/aromatic N) is 1. The quantitative estimate of drug-likeness (QED) is 0.552. The van der Waals surface area contributed by atoms with E-state index in [4.69, 9.17) is 16.3 Å². The maximum absolute atomic E-state index is 13.4. The zero-order chi connectivity index (χ0) is 23.1. The summed E-state index contributed by atoms with van der Waals surface area (Å²) < 4.78 is 5.47. The molecule has 0 atom stereocenters. The standard InChI is InChI=1S/C25H38ClN3O3/c1-4-8-19-9-13-29(14-10-19)17-25(11-6-5-7-12-25)28-24(31)20-15-21(26)22(27-18(2)30)16-23(20)32-3/h15-16,19H,4-14,17H2,1-3H3,(H,27,30)(H,28,31). The summed E-state index contributed by atoms with van der Waals surface area (Å²) in [5.74, 6) is 0.861. The van der Waals surface area contributed by atoms with E-state index in [-0.39, 0.29) is 17.4 Å². The van der Waals surface area contributed by atoms with Crippen molar-refractivity contribution in [1.82, 2.24) is 10.2 Å². The van der Waals surface area contributed by atoms with Crippen molar-refractivity contribution in [3.05, 3.63) is 22.7 Å². The summed E-state index contributed by atoms with van der Waals surface area (Å²) in [6, 6.07) is 3.21. The van der Waals surface area contributed by atoms with E-state index in [1.165, 1.54) is 46.1 Å². The lowest BCUT2D eigenvalue weighted by molar-refractivity contribution is -0.114. The zero-order valence-corrected chi connectivity index (χ0v) is 20.5. The first-order valence-electron chi connectivity index (χ1n) is 12.1. The number of anilines is 1. The van der Waals surface area contributed by atoms with Gasteiger partial charge in [0, 0.05) is 19.5 Å². The maximum Gasteiger partial charge on any atom is 0.255 e. The molecule has 0 aromatic heterocycles. The number of methoxy groups -OCH3 is 1. The zero-order valence-electron chi connectivity index (χ0n) is 19.8. The van der Waals surface area contributed by atoms with Gasteiger partial charge in [0.2, 0.25) is 5.91 Å². The van der Waals surface area contributed by atoms with Crippen molar-refractivity contribution in [2.75, 3.05) is 32.1 Å². The van der Waals surface area contributed by atoms with Gasteiger partial charge in [0.25, 0.3) is 5.91 Å². The fourth-order valence-electron chi connectivity index (χ4n) is 5.31. The number of rotatable bonds is 8. The third-order valence-corrected chi connectivity index (χ3v) is 7.28. The normalized spacial score (nSPS) is 19.4. The predicted octanol–water partition coefficient (Wildman–Crippen LogP) is 5.25. The van der Waals surface area contributed by atoms with Crippen LogP contribution < -0.4 is 15.4 Å². The van der Waals surface area contributed by atoms with E-state index < -0.39 is 0 Å². The van der Waals surface area contributed by atoms with Crippen LogP contribution in [0.2, 0.25) is 5.02 Å². The van der Waals surface area contributed by atoms with Crippen molar-refractivity contribution in [3.63, 3.8) is 0 Å². The van der Waals surface area contributed by atoms with Crippen molar-refractivity contribution in [2.24, 2.45) is 5.92 Å². The fraction of sp³-hybridized carbons (Fsp3) is 0.680. The summed E-state index contributed by atoms with van der Waals surface area (Å²) in [5, 5.41) is 6.39. The topological polar surface area (TPSA) is 70.7 Å². The minimum Gasteiger partial charge on any atom is -0.496 e. The van der Waals surface area contributed by atoms with Gasteiger partial charge < -0.3 is 20.3 Å². The molecular weight excluding hydrogens is 426 g/mol. The minimum absolute atomic E-state index is 0.166. The number of carbonyl (C=O) groups is 2. The molecule has 0 radical (unpaired) electrons. The van der Waals surface area contributed by atoms with Gasteiger partial charge in [0.1, 0.15) is 5.75 Å². The highest BCUT2D eigenvalue weighted by atomic mass is 35.5. The lowest BCUT2D eigenvalue weighted by atomic mass is 9.80. The first-order valence-corrected chi connectivity index (χ1v) is 12.4. The second-order valence-corrected chi connectivity index (χ2v) is 9.92. The third-order valence-electron chi connectivity index (χ3n) is 6.96. The Morgan fingerprint density at radius 2 is 1.88 bits per heavy atom. The molecule has 2 amide bonds. The average Bonchev–Trinajstić information content (AvgIpc) is 2.76. The van der Waals surface area contributed by atoms with Crippen LogP contribution in [0.25, 0.3) is 0 Å². The number of hydrogen-bond acceptors (Lipinski definition) is 4. The number of likely N-dealkylation sites (tertiary alicyclic amines) is 1. The molecule has 7 heteroatoms. The Morgan fingerprint density at radius 1 is 1.19 bits per heavy atom. The summed E-state index contributed by atoms with van der Waals surface area (Å²) in [5.41, 5.74) is 0.619. The molecule has 32 heavy (non-hydrogen) atoms. The Morgan fingerprint density at radius 3 is 2.47 bits per heavy atom. The van der Waals surface area contributed by atoms with Crippen molar-refractivity contribution < 1.29 is 14.3 Å². The molecule has 0 unspecified atom stereocenters. The van der Waals surface area contributed by atoms with E-state index in [2.05, 4.69) is 22.5 Å². The monoisotopic (exact) mass is 463 g/mol. The van der Waals surface area contributed by atoms with Crippen molar-refractivity contribution >= 4 is 29.1 Å². The Bertz CT molecular complexity index is 800. The number of hydrogen-bond donors (Lipinski definition) is 2. The van der Waals surface area contributed by atoms with Crippen LogP contribution in [-0.4, -0.2) is 49.0 Å². The van der Waals surface area contributed by atoms with Gasteiger partial charge in [0.15, 0.2) is 0 Å². The van der Waals surface area contributed by atoms with Gasteiger partial charge in [0.05, 0.1) is 28.9 Å². The molecule has 2 N–H and O–H groups in total. The Kier molecular flexibility index (Phi) is 8.83. The first kappa shape index (κ1) is 24.8. The number of piperidine rings is 1. The van der Waals surface area contributed by atoms with Crippen LogP contribution in [0.15, 0.2) is 12.1 Å². The molecule has 2 aliphatic rings. The van der Waals surface area contributed by atoms with Gasteiger partial charge in [-0.05, 0) is 50.8 Å². The summed E-state index contributed by atoms with van der Waals surface area (Å²) >= 11 is 6.36. The predicted molar refractivity (Wildman–Crippen MR) is 130 cm³/mol. The average molecular weight is 464 g/mol. The molecule has 1 aliphatic heterocycles. The lowest BCUT2D eigenvalue weighted by Gasteiger charge is -2.44. The SMILES string of the molecule is CCCC1CCN(CC2(NC(=O)c3cc(Cl)c(NC(C)=O)cc3OC)CCCCC2)CC1. The smallest absolute Gasteiger partial charge is 0.255 e. The fourth-order valence-corrected chi connectivity index (χ4v) is 5.52. The van der Waals surface area contributed by atoms with Crippen LogP contribution in [0.3, 0.4) is 0 Å². The lowest BCUT2D eigenvalue weighted by Crippen LogP contribution is -2.57. The van der Waals surface area contributed by atoms with Crippen molar-refractivity contribution in [2.45, 2.75) is 77.2 Å². The van der Waals surface area contributed by atoms with Gasteiger partial charge in [-0.2, -0.15) is 0 Å². The van der Waals surface area contributed by atoms with E-state index in [0.717, 1.165) is 51.2 Å². The molecule has 2 fully saturated rings. The van der Waals surface area contributed by atoms with E-state index in [1.54, 1.807) is 12.1 Å². The summed E-state index contributed by atoms with van der Waals surface area (Å²) in [4.78, 5) is 27.4. The van der Waals surface area contributed by atoms with Gasteiger partial charge in [-0.1, -0.05) is 50.6 Å². The number of amides is 2. The second-order valence-electron chi connectivity index (χ2n) is 9.52. The molecule has 178 valence electrons. The van der Waals surface area contributed by atoms with E-state index >= 15 is 0 Å². The molecule has 1 aliphatic carbocycles.